The van der Waals surface area contributed by atoms with Crippen molar-refractivity contribution in [3.63, 3.8) is 0 Å². The molecule has 1 atom stereocenters. The molecule has 37 heavy (non-hydrogen) atoms. The zero-order chi connectivity index (χ0) is 26.7. The van der Waals surface area contributed by atoms with Gasteiger partial charge in [-0.3, -0.25) is 19.3 Å². The summed E-state index contributed by atoms with van der Waals surface area (Å²) in [5, 5.41) is 2.69. The molecule has 0 saturated heterocycles. The summed E-state index contributed by atoms with van der Waals surface area (Å²) in [7, 11) is 0. The number of carbonyl (C=O) groups excluding carboxylic acids is 3. The topological polar surface area (TPSA) is 145 Å². The van der Waals surface area contributed by atoms with Crippen LogP contribution in [0, 0.1) is 18.6 Å². The molecule has 190 valence electrons. The lowest BCUT2D eigenvalue weighted by atomic mass is 10.1. The molecule has 5 N–H and O–H groups in total. The number of rotatable bonds is 8. The predicted octanol–water partition coefficient (Wildman–Crippen LogP) is 3.71. The normalized spacial score (nSPS) is 11.6. The van der Waals surface area contributed by atoms with E-state index in [1.165, 1.54) is 48.5 Å². The zero-order valence-corrected chi connectivity index (χ0v) is 20.2. The van der Waals surface area contributed by atoms with Crippen LogP contribution < -0.4 is 21.7 Å². The van der Waals surface area contributed by atoms with E-state index in [2.05, 4.69) is 9.69 Å². The molecule has 12 heteroatoms. The molecule has 0 aliphatic heterocycles. The Bertz CT molecular complexity index is 1470. The first-order valence-corrected chi connectivity index (χ1v) is 11.7. The lowest BCUT2D eigenvalue weighted by Crippen LogP contribution is -2.44. The Labute approximate surface area is 213 Å². The fourth-order valence-corrected chi connectivity index (χ4v) is 4.36. The van der Waals surface area contributed by atoms with Crippen LogP contribution in [0.25, 0.3) is 0 Å². The smallest absolute Gasteiger partial charge is 0.273 e. The Hall–Kier alpha value is -4.58. The highest BCUT2D eigenvalue weighted by atomic mass is 32.1. The van der Waals surface area contributed by atoms with Crippen LogP contribution in [0.15, 0.2) is 65.1 Å². The van der Waals surface area contributed by atoms with Crippen molar-refractivity contribution in [3.8, 4) is 0 Å². The number of hydrogen-bond donors (Lipinski definition) is 3. The maximum absolute atomic E-state index is 15.1. The highest BCUT2D eigenvalue weighted by Gasteiger charge is 2.38. The average molecular weight is 526 g/mol. The maximum atomic E-state index is 15.1. The van der Waals surface area contributed by atoms with E-state index in [4.69, 9.17) is 15.9 Å². The molecule has 0 aliphatic rings. The third-order valence-electron chi connectivity index (χ3n) is 5.40. The Morgan fingerprint density at radius 2 is 1.78 bits per heavy atom. The molecule has 3 amide bonds. The number of nitrogens with one attached hydrogen (secondary N) is 1. The summed E-state index contributed by atoms with van der Waals surface area (Å²) in [4.78, 5) is 39.7. The first-order chi connectivity index (χ1) is 17.7. The molecule has 2 aromatic carbocycles. The number of nitrogens with two attached hydrogens (primary N) is 2. The Morgan fingerprint density at radius 1 is 1.08 bits per heavy atom. The highest BCUT2D eigenvalue weighted by Crippen LogP contribution is 2.35. The second kappa shape index (κ2) is 10.6. The van der Waals surface area contributed by atoms with Gasteiger partial charge in [0.1, 0.15) is 28.0 Å². The number of hydrogen-bond acceptors (Lipinski definition) is 7. The standard InChI is InChI=1S/C25H21F2N5O4S/c1-13-6-11-18(36-13)21(24(34)30-12-14-7-9-15(26)10-8-14)32(17-5-3-2-4-16(17)27)25(35)22-19(28)20(23(29)33)31-37-22/h2-11,21H,12,28H2,1H3,(H2,29,33)(H,30,34). The number of amides is 3. The van der Waals surface area contributed by atoms with Crippen molar-refractivity contribution in [2.75, 3.05) is 10.6 Å². The third kappa shape index (κ3) is 5.33. The van der Waals surface area contributed by atoms with Gasteiger partial charge < -0.3 is 21.2 Å². The van der Waals surface area contributed by atoms with Crippen molar-refractivity contribution < 1.29 is 27.6 Å². The third-order valence-corrected chi connectivity index (χ3v) is 6.25. The van der Waals surface area contributed by atoms with Gasteiger partial charge in [0.2, 0.25) is 0 Å². The second-order valence-corrected chi connectivity index (χ2v) is 8.73. The van der Waals surface area contributed by atoms with Crippen LogP contribution in [-0.2, 0) is 11.3 Å². The quantitative estimate of drug-likeness (QED) is 0.320. The van der Waals surface area contributed by atoms with E-state index in [9.17, 15) is 18.8 Å². The molecule has 0 bridgehead atoms. The van der Waals surface area contributed by atoms with Gasteiger partial charge in [0, 0.05) is 6.54 Å². The van der Waals surface area contributed by atoms with Crippen LogP contribution in [0.3, 0.4) is 0 Å². The van der Waals surface area contributed by atoms with Crippen LogP contribution in [-0.4, -0.2) is 22.1 Å². The molecule has 2 aromatic heterocycles. The average Bonchev–Trinajstić information content (AvgIpc) is 3.47. The van der Waals surface area contributed by atoms with E-state index in [0.717, 1.165) is 11.0 Å². The minimum Gasteiger partial charge on any atom is -0.464 e. The molecular weight excluding hydrogens is 504 g/mol. The lowest BCUT2D eigenvalue weighted by molar-refractivity contribution is -0.123. The molecule has 4 aromatic rings. The van der Waals surface area contributed by atoms with Crippen LogP contribution in [0.1, 0.15) is 43.3 Å². The molecular formula is C25H21F2N5O4S. The van der Waals surface area contributed by atoms with Gasteiger partial charge >= 0.3 is 0 Å². The second-order valence-electron chi connectivity index (χ2n) is 7.96. The maximum Gasteiger partial charge on any atom is 0.273 e. The van der Waals surface area contributed by atoms with Gasteiger partial charge in [0.15, 0.2) is 11.7 Å². The minimum atomic E-state index is -1.49. The van der Waals surface area contributed by atoms with E-state index >= 15 is 4.39 Å². The number of benzene rings is 2. The summed E-state index contributed by atoms with van der Waals surface area (Å²) in [5.41, 5.74) is 11.0. The van der Waals surface area contributed by atoms with Crippen molar-refractivity contribution >= 4 is 40.6 Å². The van der Waals surface area contributed by atoms with E-state index in [1.54, 1.807) is 13.0 Å². The van der Waals surface area contributed by atoms with Crippen molar-refractivity contribution in [1.82, 2.24) is 9.69 Å². The lowest BCUT2D eigenvalue weighted by Gasteiger charge is -2.30. The summed E-state index contributed by atoms with van der Waals surface area (Å²) in [5.74, 6) is -3.30. The summed E-state index contributed by atoms with van der Waals surface area (Å²) in [6.07, 6.45) is 0. The SMILES string of the molecule is Cc1ccc(C(C(=O)NCc2ccc(F)cc2)N(C(=O)c2snc(C(N)=O)c2N)c2ccccc2F)o1. The molecule has 0 saturated carbocycles. The molecule has 1 unspecified atom stereocenters. The van der Waals surface area contributed by atoms with Crippen LogP contribution in [0.5, 0.6) is 0 Å². The van der Waals surface area contributed by atoms with Gasteiger partial charge in [-0.25, -0.2) is 8.78 Å². The van der Waals surface area contributed by atoms with Crippen LogP contribution in [0.4, 0.5) is 20.2 Å². The fourth-order valence-electron chi connectivity index (χ4n) is 3.61. The van der Waals surface area contributed by atoms with E-state index < -0.39 is 35.4 Å². The minimum absolute atomic E-state index is 0.0108. The number of furan rings is 1. The molecule has 0 fully saturated rings. The number of nitrogens with zero attached hydrogens (tertiary/aromatic N) is 2. The monoisotopic (exact) mass is 525 g/mol. The predicted molar refractivity (Wildman–Crippen MR) is 133 cm³/mol. The molecule has 4 rings (SSSR count). The van der Waals surface area contributed by atoms with Crippen molar-refractivity contribution in [3.05, 3.63) is 100.0 Å². The number of primary amides is 1. The molecule has 0 radical (unpaired) electrons. The number of aromatic nitrogens is 1. The molecule has 9 nitrogen and oxygen atoms in total. The number of nitrogen functional groups attached to an aromatic ring is 1. The number of carbonyl (C=O) groups is 3. The summed E-state index contributed by atoms with van der Waals surface area (Å²) in [6.45, 7) is 1.63. The molecule has 0 spiro atoms. The van der Waals surface area contributed by atoms with Gasteiger partial charge in [-0.05, 0) is 60.4 Å². The summed E-state index contributed by atoms with van der Waals surface area (Å²) < 4.78 is 37.9. The van der Waals surface area contributed by atoms with Crippen molar-refractivity contribution in [1.29, 1.82) is 0 Å². The van der Waals surface area contributed by atoms with E-state index in [-0.39, 0.29) is 34.3 Å². The van der Waals surface area contributed by atoms with Gasteiger partial charge in [-0.2, -0.15) is 4.37 Å². The first kappa shape index (κ1) is 25.5. The van der Waals surface area contributed by atoms with Crippen molar-refractivity contribution in [2.24, 2.45) is 5.73 Å². The summed E-state index contributed by atoms with van der Waals surface area (Å²) >= 11 is 0.595. The van der Waals surface area contributed by atoms with Crippen LogP contribution in [0.2, 0.25) is 0 Å². The fraction of sp³-hybridized carbons (Fsp3) is 0.120. The van der Waals surface area contributed by atoms with Gasteiger partial charge in [-0.15, -0.1) is 0 Å². The number of aryl methyl sites for hydroxylation is 1. The molecule has 0 aliphatic carbocycles. The van der Waals surface area contributed by atoms with E-state index in [0.29, 0.717) is 22.9 Å². The molecule has 2 heterocycles. The number of para-hydroxylation sites is 1. The largest absolute Gasteiger partial charge is 0.464 e. The Morgan fingerprint density at radius 3 is 2.38 bits per heavy atom. The Kier molecular flexibility index (Phi) is 7.30. The van der Waals surface area contributed by atoms with Crippen molar-refractivity contribution in [2.45, 2.75) is 19.5 Å². The number of anilines is 2. The Balaban J connectivity index is 1.80. The van der Waals surface area contributed by atoms with Gasteiger partial charge in [0.05, 0.1) is 11.4 Å². The first-order valence-electron chi connectivity index (χ1n) is 10.9. The van der Waals surface area contributed by atoms with Gasteiger partial charge in [0.25, 0.3) is 17.7 Å². The number of halogens is 2. The van der Waals surface area contributed by atoms with Crippen LogP contribution >= 0.6 is 11.5 Å². The van der Waals surface area contributed by atoms with E-state index in [1.807, 2.05) is 0 Å². The highest BCUT2D eigenvalue weighted by molar-refractivity contribution is 7.09. The zero-order valence-electron chi connectivity index (χ0n) is 19.4. The summed E-state index contributed by atoms with van der Waals surface area (Å²) in [6, 6.07) is 12.4. The van der Waals surface area contributed by atoms with Gasteiger partial charge in [-0.1, -0.05) is 24.3 Å².